The Hall–Kier alpha value is -1.48. The van der Waals surface area contributed by atoms with Crippen LogP contribution in [0.2, 0.25) is 0 Å². The third kappa shape index (κ3) is 3.74. The zero-order valence-corrected chi connectivity index (χ0v) is 10.9. The van der Waals surface area contributed by atoms with Crippen molar-refractivity contribution in [3.05, 3.63) is 29.8 Å². The molecule has 0 amide bonds. The van der Waals surface area contributed by atoms with Crippen LogP contribution in [0.5, 0.6) is 0 Å². The minimum Gasteiger partial charge on any atom is -0.464 e. The molecule has 0 aliphatic rings. The number of benzene rings is 1. The zero-order chi connectivity index (χ0) is 14.6. The van der Waals surface area contributed by atoms with Gasteiger partial charge < -0.3 is 14.9 Å². The van der Waals surface area contributed by atoms with Gasteiger partial charge in [0.2, 0.25) is 0 Å². The van der Waals surface area contributed by atoms with Crippen LogP contribution in [0.4, 0.5) is 0 Å². The Kier molecular flexibility index (Phi) is 5.01. The van der Waals surface area contributed by atoms with Gasteiger partial charge in [0, 0.05) is 5.56 Å². The summed E-state index contributed by atoms with van der Waals surface area (Å²) < 4.78 is 35.8. The van der Waals surface area contributed by atoms with Gasteiger partial charge in [0.05, 0.1) is 11.5 Å². The fourth-order valence-electron chi connectivity index (χ4n) is 1.49. The summed E-state index contributed by atoms with van der Waals surface area (Å²) in [6.45, 7) is 1.52. The molecule has 0 bridgehead atoms. The first-order valence-electron chi connectivity index (χ1n) is 5.38. The Morgan fingerprint density at radius 3 is 2.42 bits per heavy atom. The third-order valence-electron chi connectivity index (χ3n) is 2.34. The van der Waals surface area contributed by atoms with E-state index in [1.54, 1.807) is 0 Å². The predicted octanol–water partition coefficient (Wildman–Crippen LogP) is -0.109. The number of aliphatic hydroxyl groups is 2. The lowest BCUT2D eigenvalue weighted by molar-refractivity contribution is -0.159. The van der Waals surface area contributed by atoms with E-state index in [2.05, 4.69) is 4.74 Å². The summed E-state index contributed by atoms with van der Waals surface area (Å²) in [7, 11) is -4.57. The molecular weight excluding hydrogens is 276 g/mol. The molecule has 0 spiro atoms. The van der Waals surface area contributed by atoms with E-state index in [-0.39, 0.29) is 12.2 Å². The maximum absolute atomic E-state index is 11.3. The van der Waals surface area contributed by atoms with Crippen molar-refractivity contribution < 1.29 is 32.7 Å². The van der Waals surface area contributed by atoms with E-state index in [1.165, 1.54) is 25.1 Å². The number of aliphatic hydroxyl groups excluding tert-OH is 2. The molecule has 0 aliphatic heterocycles. The lowest BCUT2D eigenvalue weighted by Gasteiger charge is -2.18. The van der Waals surface area contributed by atoms with Crippen LogP contribution in [0.3, 0.4) is 0 Å². The standard InChI is InChI=1S/C11H14O7S/c1-2-18-11(14)10(13)9(12)7-5-3-4-6-8(7)19(15,16)17/h3-6,9-10,12-13H,2H2,1H3,(H,15,16,17). The fraction of sp³-hybridized carbons (Fsp3) is 0.364. The maximum atomic E-state index is 11.3. The molecular formula is C11H14O7S. The van der Waals surface area contributed by atoms with E-state index in [0.717, 1.165) is 6.07 Å². The Bertz CT molecular complexity index is 552. The van der Waals surface area contributed by atoms with Crippen LogP contribution in [0.1, 0.15) is 18.6 Å². The van der Waals surface area contributed by atoms with Gasteiger partial charge in [-0.1, -0.05) is 18.2 Å². The molecule has 19 heavy (non-hydrogen) atoms. The molecule has 0 heterocycles. The van der Waals surface area contributed by atoms with Gasteiger partial charge in [0.15, 0.2) is 6.10 Å². The molecule has 2 atom stereocenters. The van der Waals surface area contributed by atoms with E-state index in [1.807, 2.05) is 0 Å². The van der Waals surface area contributed by atoms with Crippen molar-refractivity contribution in [3.8, 4) is 0 Å². The van der Waals surface area contributed by atoms with Crippen molar-refractivity contribution in [2.75, 3.05) is 6.61 Å². The molecule has 2 unspecified atom stereocenters. The van der Waals surface area contributed by atoms with Crippen molar-refractivity contribution in [3.63, 3.8) is 0 Å². The Morgan fingerprint density at radius 2 is 1.89 bits per heavy atom. The Labute approximate surface area is 110 Å². The monoisotopic (exact) mass is 290 g/mol. The molecule has 106 valence electrons. The second-order valence-electron chi connectivity index (χ2n) is 3.65. The lowest BCUT2D eigenvalue weighted by Crippen LogP contribution is -2.30. The second kappa shape index (κ2) is 6.11. The predicted molar refractivity (Wildman–Crippen MR) is 63.9 cm³/mol. The van der Waals surface area contributed by atoms with Crippen LogP contribution in [0.25, 0.3) is 0 Å². The molecule has 0 radical (unpaired) electrons. The van der Waals surface area contributed by atoms with E-state index in [9.17, 15) is 23.4 Å². The highest BCUT2D eigenvalue weighted by Crippen LogP contribution is 2.25. The van der Waals surface area contributed by atoms with Gasteiger partial charge in [-0.05, 0) is 13.0 Å². The van der Waals surface area contributed by atoms with Crippen molar-refractivity contribution in [2.45, 2.75) is 24.0 Å². The van der Waals surface area contributed by atoms with E-state index in [0.29, 0.717) is 0 Å². The van der Waals surface area contributed by atoms with Crippen LogP contribution in [-0.4, -0.2) is 41.9 Å². The summed E-state index contributed by atoms with van der Waals surface area (Å²) in [5.41, 5.74) is -0.287. The van der Waals surface area contributed by atoms with Gasteiger partial charge in [0.25, 0.3) is 10.1 Å². The molecule has 3 N–H and O–H groups in total. The molecule has 1 aromatic carbocycles. The molecule has 0 saturated heterocycles. The van der Waals surface area contributed by atoms with Gasteiger partial charge >= 0.3 is 5.97 Å². The number of esters is 1. The Morgan fingerprint density at radius 1 is 1.32 bits per heavy atom. The summed E-state index contributed by atoms with van der Waals surface area (Å²) in [5, 5.41) is 19.4. The molecule has 0 aromatic heterocycles. The summed E-state index contributed by atoms with van der Waals surface area (Å²) in [6, 6.07) is 4.95. The smallest absolute Gasteiger partial charge is 0.338 e. The summed E-state index contributed by atoms with van der Waals surface area (Å²) in [4.78, 5) is 10.7. The average molecular weight is 290 g/mol. The van der Waals surface area contributed by atoms with Crippen LogP contribution < -0.4 is 0 Å². The third-order valence-corrected chi connectivity index (χ3v) is 3.27. The van der Waals surface area contributed by atoms with Crippen LogP contribution >= 0.6 is 0 Å². The topological polar surface area (TPSA) is 121 Å². The molecule has 1 aromatic rings. The highest BCUT2D eigenvalue weighted by molar-refractivity contribution is 7.85. The number of ether oxygens (including phenoxy) is 1. The summed E-state index contributed by atoms with van der Waals surface area (Å²) in [6.07, 6.45) is -3.76. The lowest BCUT2D eigenvalue weighted by atomic mass is 10.0. The average Bonchev–Trinajstić information content (AvgIpc) is 2.36. The van der Waals surface area contributed by atoms with Gasteiger partial charge in [-0.2, -0.15) is 8.42 Å². The van der Waals surface area contributed by atoms with E-state index >= 15 is 0 Å². The summed E-state index contributed by atoms with van der Waals surface area (Å²) in [5.74, 6) is -1.08. The summed E-state index contributed by atoms with van der Waals surface area (Å²) >= 11 is 0. The highest BCUT2D eigenvalue weighted by Gasteiger charge is 2.30. The van der Waals surface area contributed by atoms with Crippen molar-refractivity contribution >= 4 is 16.1 Å². The van der Waals surface area contributed by atoms with Crippen molar-refractivity contribution in [1.29, 1.82) is 0 Å². The first-order valence-corrected chi connectivity index (χ1v) is 6.82. The van der Waals surface area contributed by atoms with E-state index in [4.69, 9.17) is 4.55 Å². The molecule has 1 rings (SSSR count). The van der Waals surface area contributed by atoms with Gasteiger partial charge in [-0.25, -0.2) is 4.79 Å². The minimum absolute atomic E-state index is 0.00254. The molecule has 8 heteroatoms. The van der Waals surface area contributed by atoms with Gasteiger partial charge in [0.1, 0.15) is 6.10 Å². The van der Waals surface area contributed by atoms with Crippen LogP contribution in [0.15, 0.2) is 29.2 Å². The quantitative estimate of drug-likeness (QED) is 0.511. The number of carbonyl (C=O) groups excluding carboxylic acids is 1. The van der Waals surface area contributed by atoms with Gasteiger partial charge in [-0.3, -0.25) is 4.55 Å². The fourth-order valence-corrected chi connectivity index (χ4v) is 2.22. The number of hydrogen-bond acceptors (Lipinski definition) is 6. The number of rotatable bonds is 5. The molecule has 0 fully saturated rings. The molecule has 0 aliphatic carbocycles. The minimum atomic E-state index is -4.57. The normalized spacial score (nSPS) is 14.7. The van der Waals surface area contributed by atoms with Crippen molar-refractivity contribution in [1.82, 2.24) is 0 Å². The first kappa shape index (κ1) is 15.6. The second-order valence-corrected chi connectivity index (χ2v) is 5.04. The number of carbonyl (C=O) groups is 1. The SMILES string of the molecule is CCOC(=O)C(O)C(O)c1ccccc1S(=O)(=O)O. The first-order chi connectivity index (χ1) is 8.79. The van der Waals surface area contributed by atoms with Gasteiger partial charge in [-0.15, -0.1) is 0 Å². The maximum Gasteiger partial charge on any atom is 0.338 e. The molecule has 7 nitrogen and oxygen atoms in total. The van der Waals surface area contributed by atoms with Crippen LogP contribution in [-0.2, 0) is 19.6 Å². The van der Waals surface area contributed by atoms with E-state index < -0.39 is 33.2 Å². The number of hydrogen-bond donors (Lipinski definition) is 3. The largest absolute Gasteiger partial charge is 0.464 e. The van der Waals surface area contributed by atoms with Crippen LogP contribution in [0, 0.1) is 0 Å². The Balaban J connectivity index is 3.13. The highest BCUT2D eigenvalue weighted by atomic mass is 32.2. The molecule has 0 saturated carbocycles. The van der Waals surface area contributed by atoms with Crippen molar-refractivity contribution in [2.24, 2.45) is 0 Å². The zero-order valence-electron chi connectivity index (χ0n) is 10.1.